The number of fused-ring (bicyclic) bond motifs is 1. The van der Waals surface area contributed by atoms with Crippen LogP contribution in [-0.2, 0) is 23.1 Å². The first-order chi connectivity index (χ1) is 9.65. The molecule has 0 aromatic heterocycles. The summed E-state index contributed by atoms with van der Waals surface area (Å²) in [5, 5.41) is 0. The average Bonchev–Trinajstić information content (AvgIpc) is 2.88. The topological polar surface area (TPSA) is 52.3 Å². The van der Waals surface area contributed by atoms with Crippen LogP contribution in [0, 0.1) is 0 Å². The van der Waals surface area contributed by atoms with Crippen LogP contribution in [0.25, 0.3) is 0 Å². The van der Waals surface area contributed by atoms with Crippen LogP contribution in [-0.4, -0.2) is 13.0 Å². The van der Waals surface area contributed by atoms with Crippen LogP contribution in [0.15, 0.2) is 48.5 Å². The van der Waals surface area contributed by atoms with Gasteiger partial charge in [0.15, 0.2) is 0 Å². The van der Waals surface area contributed by atoms with E-state index in [0.29, 0.717) is 12.8 Å². The minimum atomic E-state index is -0.629. The standard InChI is InChI=1S/C17H17NO2/c1-20-15-8-6-14(7-9-15)17(16(18)19)10-12-4-2-3-5-13(12)11-17/h2-9H,10-11H2,1H3,(H2,18,19). The summed E-state index contributed by atoms with van der Waals surface area (Å²) < 4.78 is 5.17. The second kappa shape index (κ2) is 4.67. The molecule has 2 N–H and O–H groups in total. The maximum absolute atomic E-state index is 12.1. The van der Waals surface area contributed by atoms with Gasteiger partial charge in [0.2, 0.25) is 5.91 Å². The van der Waals surface area contributed by atoms with Gasteiger partial charge in [0.05, 0.1) is 12.5 Å². The highest BCUT2D eigenvalue weighted by Gasteiger charge is 2.43. The Hall–Kier alpha value is -2.29. The highest BCUT2D eigenvalue weighted by Crippen LogP contribution is 2.40. The van der Waals surface area contributed by atoms with Crippen molar-refractivity contribution in [2.75, 3.05) is 7.11 Å². The highest BCUT2D eigenvalue weighted by molar-refractivity contribution is 5.88. The van der Waals surface area contributed by atoms with Crippen molar-refractivity contribution >= 4 is 5.91 Å². The number of hydrogen-bond acceptors (Lipinski definition) is 2. The molecule has 0 heterocycles. The molecule has 0 spiro atoms. The van der Waals surface area contributed by atoms with Crippen LogP contribution in [0.5, 0.6) is 5.75 Å². The summed E-state index contributed by atoms with van der Waals surface area (Å²) in [5.41, 5.74) is 8.50. The van der Waals surface area contributed by atoms with E-state index in [1.165, 1.54) is 11.1 Å². The van der Waals surface area contributed by atoms with E-state index in [4.69, 9.17) is 10.5 Å². The fourth-order valence-electron chi connectivity index (χ4n) is 3.05. The van der Waals surface area contributed by atoms with E-state index in [2.05, 4.69) is 12.1 Å². The second-order valence-electron chi connectivity index (χ2n) is 5.30. The minimum Gasteiger partial charge on any atom is -0.497 e. The monoisotopic (exact) mass is 267 g/mol. The van der Waals surface area contributed by atoms with Gasteiger partial charge in [-0.3, -0.25) is 4.79 Å². The van der Waals surface area contributed by atoms with Crippen LogP contribution in [0.2, 0.25) is 0 Å². The van der Waals surface area contributed by atoms with Gasteiger partial charge in [-0.1, -0.05) is 36.4 Å². The average molecular weight is 267 g/mol. The molecule has 0 atom stereocenters. The van der Waals surface area contributed by atoms with Gasteiger partial charge in [0.25, 0.3) is 0 Å². The van der Waals surface area contributed by atoms with Gasteiger partial charge in [-0.25, -0.2) is 0 Å². The summed E-state index contributed by atoms with van der Waals surface area (Å²) in [5.74, 6) is 0.516. The first-order valence-electron chi connectivity index (χ1n) is 6.67. The number of amides is 1. The highest BCUT2D eigenvalue weighted by atomic mass is 16.5. The van der Waals surface area contributed by atoms with Crippen LogP contribution < -0.4 is 10.5 Å². The molecule has 0 saturated heterocycles. The number of nitrogens with two attached hydrogens (primary N) is 1. The summed E-state index contributed by atoms with van der Waals surface area (Å²) in [4.78, 5) is 12.1. The van der Waals surface area contributed by atoms with Crippen LogP contribution in [0.4, 0.5) is 0 Å². The molecular formula is C17H17NO2. The molecule has 0 aliphatic heterocycles. The molecule has 1 amide bonds. The van der Waals surface area contributed by atoms with Crippen LogP contribution >= 0.6 is 0 Å². The molecule has 0 bridgehead atoms. The van der Waals surface area contributed by atoms with Crippen molar-refractivity contribution in [2.45, 2.75) is 18.3 Å². The Morgan fingerprint density at radius 3 is 2.05 bits per heavy atom. The predicted octanol–water partition coefficient (Wildman–Crippen LogP) is 2.22. The largest absolute Gasteiger partial charge is 0.497 e. The quantitative estimate of drug-likeness (QED) is 0.927. The Morgan fingerprint density at radius 2 is 1.60 bits per heavy atom. The van der Waals surface area contributed by atoms with Crippen molar-refractivity contribution in [3.8, 4) is 5.75 Å². The minimum absolute atomic E-state index is 0.265. The van der Waals surface area contributed by atoms with Gasteiger partial charge in [-0.15, -0.1) is 0 Å². The lowest BCUT2D eigenvalue weighted by Gasteiger charge is -2.26. The molecule has 2 aromatic carbocycles. The van der Waals surface area contributed by atoms with Gasteiger partial charge in [0, 0.05) is 0 Å². The van der Waals surface area contributed by atoms with E-state index in [0.717, 1.165) is 11.3 Å². The molecule has 3 rings (SSSR count). The normalized spacial score (nSPS) is 15.7. The van der Waals surface area contributed by atoms with Crippen LogP contribution in [0.1, 0.15) is 16.7 Å². The van der Waals surface area contributed by atoms with Crippen LogP contribution in [0.3, 0.4) is 0 Å². The predicted molar refractivity (Wildman–Crippen MR) is 77.7 cm³/mol. The fourth-order valence-corrected chi connectivity index (χ4v) is 3.05. The molecular weight excluding hydrogens is 250 g/mol. The number of carbonyl (C=O) groups is 1. The third-order valence-corrected chi connectivity index (χ3v) is 4.22. The zero-order valence-corrected chi connectivity index (χ0v) is 11.4. The SMILES string of the molecule is COc1ccc(C2(C(N)=O)Cc3ccccc3C2)cc1. The first-order valence-corrected chi connectivity index (χ1v) is 6.67. The summed E-state index contributed by atoms with van der Waals surface area (Å²) in [6.07, 6.45) is 1.34. The van der Waals surface area contributed by atoms with Gasteiger partial charge < -0.3 is 10.5 Å². The van der Waals surface area contributed by atoms with Gasteiger partial charge in [0.1, 0.15) is 5.75 Å². The van der Waals surface area contributed by atoms with E-state index >= 15 is 0 Å². The molecule has 20 heavy (non-hydrogen) atoms. The number of ether oxygens (including phenoxy) is 1. The summed E-state index contributed by atoms with van der Waals surface area (Å²) in [6, 6.07) is 15.8. The third kappa shape index (κ3) is 1.86. The van der Waals surface area contributed by atoms with Gasteiger partial charge in [-0.2, -0.15) is 0 Å². The molecule has 0 saturated carbocycles. The number of rotatable bonds is 3. The Balaban J connectivity index is 2.04. The lowest BCUT2D eigenvalue weighted by Crippen LogP contribution is -2.42. The number of primary amides is 1. The van der Waals surface area contributed by atoms with Crippen molar-refractivity contribution in [1.29, 1.82) is 0 Å². The molecule has 0 radical (unpaired) electrons. The Kier molecular flexibility index (Phi) is 2.97. The maximum Gasteiger partial charge on any atom is 0.228 e. The molecule has 1 aliphatic rings. The molecule has 0 fully saturated rings. The Labute approximate surface area is 118 Å². The van der Waals surface area contributed by atoms with Gasteiger partial charge in [-0.05, 0) is 41.7 Å². The molecule has 3 heteroatoms. The molecule has 2 aromatic rings. The zero-order valence-electron chi connectivity index (χ0n) is 11.4. The lowest BCUT2D eigenvalue weighted by atomic mass is 9.77. The summed E-state index contributed by atoms with van der Waals surface area (Å²) >= 11 is 0. The van der Waals surface area contributed by atoms with E-state index in [1.807, 2.05) is 36.4 Å². The second-order valence-corrected chi connectivity index (χ2v) is 5.30. The molecule has 102 valence electrons. The maximum atomic E-state index is 12.1. The van der Waals surface area contributed by atoms with E-state index in [1.54, 1.807) is 7.11 Å². The number of carbonyl (C=O) groups excluding carboxylic acids is 1. The lowest BCUT2D eigenvalue weighted by molar-refractivity contribution is -0.123. The fraction of sp³-hybridized carbons (Fsp3) is 0.235. The van der Waals surface area contributed by atoms with Crippen molar-refractivity contribution < 1.29 is 9.53 Å². The number of benzene rings is 2. The molecule has 3 nitrogen and oxygen atoms in total. The van der Waals surface area contributed by atoms with Gasteiger partial charge >= 0.3 is 0 Å². The third-order valence-electron chi connectivity index (χ3n) is 4.22. The first kappa shape index (κ1) is 12.7. The number of methoxy groups -OCH3 is 1. The summed E-state index contributed by atoms with van der Waals surface area (Å²) in [6.45, 7) is 0. The van der Waals surface area contributed by atoms with E-state index < -0.39 is 5.41 Å². The molecule has 0 unspecified atom stereocenters. The smallest absolute Gasteiger partial charge is 0.228 e. The van der Waals surface area contributed by atoms with Crippen molar-refractivity contribution in [1.82, 2.24) is 0 Å². The van der Waals surface area contributed by atoms with Crippen molar-refractivity contribution in [3.05, 3.63) is 65.2 Å². The number of hydrogen-bond donors (Lipinski definition) is 1. The Bertz CT molecular complexity index is 621. The Morgan fingerprint density at radius 1 is 1.05 bits per heavy atom. The van der Waals surface area contributed by atoms with Crippen molar-refractivity contribution in [2.24, 2.45) is 5.73 Å². The molecule has 1 aliphatic carbocycles. The zero-order chi connectivity index (χ0) is 14.2. The van der Waals surface area contributed by atoms with E-state index in [-0.39, 0.29) is 5.91 Å². The summed E-state index contributed by atoms with van der Waals surface area (Å²) in [7, 11) is 1.63. The van der Waals surface area contributed by atoms with Crippen molar-refractivity contribution in [3.63, 3.8) is 0 Å². The van der Waals surface area contributed by atoms with E-state index in [9.17, 15) is 4.79 Å².